The summed E-state index contributed by atoms with van der Waals surface area (Å²) >= 11 is 0. The maximum Gasteiger partial charge on any atom is 0.146 e. The third kappa shape index (κ3) is 3.81. The van der Waals surface area contributed by atoms with E-state index in [1.54, 1.807) is 6.20 Å². The van der Waals surface area contributed by atoms with Crippen molar-refractivity contribution in [2.45, 2.75) is 33.4 Å². The Balaban J connectivity index is 2.04. The number of hydrogen-bond acceptors (Lipinski definition) is 4. The van der Waals surface area contributed by atoms with Crippen molar-refractivity contribution in [1.29, 1.82) is 0 Å². The number of imidazole rings is 1. The van der Waals surface area contributed by atoms with Crippen LogP contribution in [0.1, 0.15) is 30.6 Å². The van der Waals surface area contributed by atoms with Crippen LogP contribution in [-0.4, -0.2) is 21.1 Å². The van der Waals surface area contributed by atoms with Crippen LogP contribution < -0.4 is 10.1 Å². The highest BCUT2D eigenvalue weighted by Gasteiger charge is 2.07. The molecule has 0 spiro atoms. The van der Waals surface area contributed by atoms with Gasteiger partial charge >= 0.3 is 0 Å². The molecule has 2 heterocycles. The van der Waals surface area contributed by atoms with E-state index in [0.29, 0.717) is 6.61 Å². The van der Waals surface area contributed by atoms with E-state index in [9.17, 15) is 0 Å². The summed E-state index contributed by atoms with van der Waals surface area (Å²) in [4.78, 5) is 8.81. The van der Waals surface area contributed by atoms with Crippen molar-refractivity contribution in [3.63, 3.8) is 0 Å². The summed E-state index contributed by atoms with van der Waals surface area (Å²) in [7, 11) is 1.96. The van der Waals surface area contributed by atoms with E-state index >= 15 is 0 Å². The van der Waals surface area contributed by atoms with Crippen molar-refractivity contribution < 1.29 is 4.74 Å². The van der Waals surface area contributed by atoms with E-state index in [-0.39, 0.29) is 0 Å². The summed E-state index contributed by atoms with van der Waals surface area (Å²) in [6, 6.07) is 3.95. The Bertz CT molecular complexity index is 551. The first-order valence-corrected chi connectivity index (χ1v) is 6.97. The molecule has 0 aliphatic rings. The highest BCUT2D eigenvalue weighted by atomic mass is 16.5. The number of hydrogen-bond donors (Lipinski definition) is 1. The van der Waals surface area contributed by atoms with Gasteiger partial charge in [0.1, 0.15) is 18.2 Å². The molecule has 0 amide bonds. The van der Waals surface area contributed by atoms with Gasteiger partial charge in [-0.1, -0.05) is 6.92 Å². The molecule has 2 aromatic heterocycles. The molecule has 0 bridgehead atoms. The molecule has 0 atom stereocenters. The van der Waals surface area contributed by atoms with E-state index in [1.807, 2.05) is 36.9 Å². The number of ether oxygens (including phenoxy) is 1. The fraction of sp³-hybridized carbons (Fsp3) is 0.467. The molecule has 0 radical (unpaired) electrons. The molecule has 2 aromatic rings. The molecule has 20 heavy (non-hydrogen) atoms. The lowest BCUT2D eigenvalue weighted by molar-refractivity contribution is 0.286. The van der Waals surface area contributed by atoms with Crippen molar-refractivity contribution in [3.8, 4) is 5.75 Å². The Kier molecular flexibility index (Phi) is 5.12. The minimum absolute atomic E-state index is 0.453. The summed E-state index contributed by atoms with van der Waals surface area (Å²) in [5.41, 5.74) is 1.95. The molecule has 0 saturated carbocycles. The lowest BCUT2D eigenvalue weighted by Crippen LogP contribution is -2.16. The molecular formula is C15H22N4O. The predicted molar refractivity (Wildman–Crippen MR) is 78.5 cm³/mol. The molecule has 108 valence electrons. The number of rotatable bonds is 7. The third-order valence-electron chi connectivity index (χ3n) is 3.07. The van der Waals surface area contributed by atoms with Crippen LogP contribution in [0.5, 0.6) is 5.75 Å². The Morgan fingerprint density at radius 2 is 2.20 bits per heavy atom. The molecule has 0 saturated heterocycles. The SMILES string of the molecule is CCCNCc1nc(C)ccc1OCc1nccn1C. The third-order valence-corrected chi connectivity index (χ3v) is 3.07. The van der Waals surface area contributed by atoms with Crippen LogP contribution in [0, 0.1) is 6.92 Å². The minimum Gasteiger partial charge on any atom is -0.484 e. The van der Waals surface area contributed by atoms with E-state index in [0.717, 1.165) is 42.5 Å². The number of nitrogens with one attached hydrogen (secondary N) is 1. The topological polar surface area (TPSA) is 52.0 Å². The lowest BCUT2D eigenvalue weighted by Gasteiger charge is -2.12. The first kappa shape index (κ1) is 14.5. The minimum atomic E-state index is 0.453. The van der Waals surface area contributed by atoms with Crippen LogP contribution in [-0.2, 0) is 20.2 Å². The van der Waals surface area contributed by atoms with Gasteiger partial charge < -0.3 is 14.6 Å². The number of aryl methyl sites for hydroxylation is 2. The molecule has 1 N–H and O–H groups in total. The zero-order valence-corrected chi connectivity index (χ0v) is 12.4. The van der Waals surface area contributed by atoms with E-state index in [1.165, 1.54) is 0 Å². The largest absolute Gasteiger partial charge is 0.484 e. The molecule has 5 heteroatoms. The van der Waals surface area contributed by atoms with E-state index < -0.39 is 0 Å². The highest BCUT2D eigenvalue weighted by Crippen LogP contribution is 2.18. The molecule has 5 nitrogen and oxygen atoms in total. The molecule has 0 fully saturated rings. The summed E-state index contributed by atoms with van der Waals surface area (Å²) in [6.07, 6.45) is 4.79. The standard InChI is InChI=1S/C15H22N4O/c1-4-7-16-10-13-14(6-5-12(2)18-13)20-11-15-17-8-9-19(15)3/h5-6,8-9,16H,4,7,10-11H2,1-3H3. The fourth-order valence-corrected chi connectivity index (χ4v) is 1.92. The van der Waals surface area contributed by atoms with Gasteiger partial charge in [0.15, 0.2) is 0 Å². The maximum absolute atomic E-state index is 5.86. The summed E-state index contributed by atoms with van der Waals surface area (Å²) < 4.78 is 7.82. The molecular weight excluding hydrogens is 252 g/mol. The van der Waals surface area contributed by atoms with Crippen molar-refractivity contribution in [3.05, 3.63) is 41.7 Å². The van der Waals surface area contributed by atoms with Crippen molar-refractivity contribution >= 4 is 0 Å². The Morgan fingerprint density at radius 1 is 1.35 bits per heavy atom. The Hall–Kier alpha value is -1.88. The maximum atomic E-state index is 5.86. The molecule has 0 aliphatic carbocycles. The Morgan fingerprint density at radius 3 is 2.90 bits per heavy atom. The number of pyridine rings is 1. The zero-order chi connectivity index (χ0) is 14.4. The van der Waals surface area contributed by atoms with Crippen LogP contribution in [0.25, 0.3) is 0 Å². The van der Waals surface area contributed by atoms with Gasteiger partial charge in [0.05, 0.1) is 5.69 Å². The molecule has 0 aliphatic heterocycles. The lowest BCUT2D eigenvalue weighted by atomic mass is 10.2. The smallest absolute Gasteiger partial charge is 0.146 e. The van der Waals surface area contributed by atoms with Crippen LogP contribution in [0.15, 0.2) is 24.5 Å². The molecule has 2 rings (SSSR count). The zero-order valence-electron chi connectivity index (χ0n) is 12.4. The van der Waals surface area contributed by atoms with Crippen molar-refractivity contribution in [2.24, 2.45) is 7.05 Å². The van der Waals surface area contributed by atoms with Gasteiger partial charge in [-0.25, -0.2) is 4.98 Å². The second kappa shape index (κ2) is 7.05. The van der Waals surface area contributed by atoms with Gasteiger partial charge in [-0.2, -0.15) is 0 Å². The molecule has 0 unspecified atom stereocenters. The van der Waals surface area contributed by atoms with Gasteiger partial charge in [-0.3, -0.25) is 4.98 Å². The van der Waals surface area contributed by atoms with Gasteiger partial charge in [0.2, 0.25) is 0 Å². The normalized spacial score (nSPS) is 10.8. The average molecular weight is 274 g/mol. The first-order chi connectivity index (χ1) is 9.70. The average Bonchev–Trinajstić information content (AvgIpc) is 2.84. The predicted octanol–water partition coefficient (Wildman–Crippen LogP) is 2.20. The van der Waals surface area contributed by atoms with Crippen LogP contribution in [0.3, 0.4) is 0 Å². The second-order valence-electron chi connectivity index (χ2n) is 4.82. The van der Waals surface area contributed by atoms with Gasteiger partial charge in [0.25, 0.3) is 0 Å². The fourth-order valence-electron chi connectivity index (χ4n) is 1.92. The van der Waals surface area contributed by atoms with Gasteiger partial charge in [-0.15, -0.1) is 0 Å². The van der Waals surface area contributed by atoms with Crippen LogP contribution >= 0.6 is 0 Å². The quantitative estimate of drug-likeness (QED) is 0.786. The van der Waals surface area contributed by atoms with Crippen molar-refractivity contribution in [2.75, 3.05) is 6.54 Å². The second-order valence-corrected chi connectivity index (χ2v) is 4.82. The van der Waals surface area contributed by atoms with Gasteiger partial charge in [-0.05, 0) is 32.0 Å². The molecule has 0 aromatic carbocycles. The van der Waals surface area contributed by atoms with Crippen molar-refractivity contribution in [1.82, 2.24) is 19.9 Å². The van der Waals surface area contributed by atoms with Crippen LogP contribution in [0.2, 0.25) is 0 Å². The monoisotopic (exact) mass is 274 g/mol. The van der Waals surface area contributed by atoms with Gasteiger partial charge in [0, 0.05) is 31.7 Å². The number of nitrogens with zero attached hydrogens (tertiary/aromatic N) is 3. The highest BCUT2D eigenvalue weighted by molar-refractivity contribution is 5.29. The van der Waals surface area contributed by atoms with Crippen LogP contribution in [0.4, 0.5) is 0 Å². The van der Waals surface area contributed by atoms with E-state index in [2.05, 4.69) is 22.2 Å². The Labute approximate surface area is 120 Å². The first-order valence-electron chi connectivity index (χ1n) is 6.97. The summed E-state index contributed by atoms with van der Waals surface area (Å²) in [5.74, 6) is 1.72. The van der Waals surface area contributed by atoms with E-state index in [4.69, 9.17) is 4.74 Å². The summed E-state index contributed by atoms with van der Waals surface area (Å²) in [6.45, 7) is 6.30. The number of aromatic nitrogens is 3. The summed E-state index contributed by atoms with van der Waals surface area (Å²) in [5, 5.41) is 3.36.